The largest absolute Gasteiger partial charge is 0.388 e. The number of β-amino-alcohol motifs (C(OH)–C–C–N with tert-alkyl or cyclic N) is 2. The predicted octanol–water partition coefficient (Wildman–Crippen LogP) is -1.13. The second kappa shape index (κ2) is 3.64. The van der Waals surface area contributed by atoms with Crippen LogP contribution in [0.15, 0.2) is 0 Å². The third kappa shape index (κ3) is 1.91. The van der Waals surface area contributed by atoms with Crippen molar-refractivity contribution in [3.63, 3.8) is 0 Å². The number of likely N-dealkylation sites (tertiary alicyclic amines) is 1. The van der Waals surface area contributed by atoms with Crippen LogP contribution in [0.2, 0.25) is 0 Å². The van der Waals surface area contributed by atoms with E-state index in [9.17, 15) is 4.79 Å². The third-order valence-corrected chi connectivity index (χ3v) is 2.15. The first-order valence-corrected chi connectivity index (χ1v) is 4.37. The Bertz CT molecular complexity index is 175. The van der Waals surface area contributed by atoms with E-state index < -0.39 is 12.2 Å². The van der Waals surface area contributed by atoms with Crippen LogP contribution in [-0.2, 0) is 4.79 Å². The molecule has 70 valence electrons. The molecular weight excluding hydrogens is 178 g/mol. The number of carbonyl (C=O) groups is 1. The molecule has 2 N–H and O–H groups in total. The van der Waals surface area contributed by atoms with Crippen LogP contribution >= 0.6 is 12.6 Å². The zero-order chi connectivity index (χ0) is 9.30. The summed E-state index contributed by atoms with van der Waals surface area (Å²) in [5.41, 5.74) is 0. The van der Waals surface area contributed by atoms with Crippen LogP contribution < -0.4 is 0 Å². The molecule has 5 heteroatoms. The van der Waals surface area contributed by atoms with Crippen molar-refractivity contribution in [2.45, 2.75) is 24.4 Å². The van der Waals surface area contributed by atoms with Gasteiger partial charge in [-0.25, -0.2) is 0 Å². The lowest BCUT2D eigenvalue weighted by Crippen LogP contribution is -2.34. The SMILES string of the molecule is CC(S)C(=O)N1CC(O)C(O)C1. The Morgan fingerprint density at radius 3 is 2.25 bits per heavy atom. The van der Waals surface area contributed by atoms with E-state index in [2.05, 4.69) is 12.6 Å². The molecule has 0 spiro atoms. The smallest absolute Gasteiger partial charge is 0.235 e. The van der Waals surface area contributed by atoms with Gasteiger partial charge < -0.3 is 15.1 Å². The van der Waals surface area contributed by atoms with Crippen LogP contribution in [0.3, 0.4) is 0 Å². The third-order valence-electron chi connectivity index (χ3n) is 1.93. The fraction of sp³-hybridized carbons (Fsp3) is 0.857. The zero-order valence-electron chi connectivity index (χ0n) is 6.84. The highest BCUT2D eigenvalue weighted by Gasteiger charge is 2.33. The van der Waals surface area contributed by atoms with Gasteiger partial charge in [0, 0.05) is 13.1 Å². The molecule has 0 aromatic rings. The van der Waals surface area contributed by atoms with E-state index in [1.807, 2.05) is 0 Å². The Labute approximate surface area is 76.6 Å². The van der Waals surface area contributed by atoms with Crippen LogP contribution in [0.25, 0.3) is 0 Å². The first-order chi connectivity index (χ1) is 5.52. The summed E-state index contributed by atoms with van der Waals surface area (Å²) in [7, 11) is 0. The molecule has 3 unspecified atom stereocenters. The van der Waals surface area contributed by atoms with Gasteiger partial charge in [0.15, 0.2) is 0 Å². The van der Waals surface area contributed by atoms with Gasteiger partial charge in [0.25, 0.3) is 0 Å². The minimum absolute atomic E-state index is 0.145. The quantitative estimate of drug-likeness (QED) is 0.460. The number of nitrogens with zero attached hydrogens (tertiary/aromatic N) is 1. The minimum atomic E-state index is -0.805. The van der Waals surface area contributed by atoms with Gasteiger partial charge in [-0.05, 0) is 6.92 Å². The normalized spacial score (nSPS) is 32.2. The average molecular weight is 191 g/mol. The van der Waals surface area contributed by atoms with E-state index >= 15 is 0 Å². The second-order valence-corrected chi connectivity index (χ2v) is 3.83. The molecule has 0 aromatic heterocycles. The highest BCUT2D eigenvalue weighted by atomic mass is 32.1. The number of hydrogen-bond acceptors (Lipinski definition) is 4. The molecule has 0 aliphatic carbocycles. The van der Waals surface area contributed by atoms with Crippen molar-refractivity contribution in [3.05, 3.63) is 0 Å². The maximum Gasteiger partial charge on any atom is 0.235 e. The highest BCUT2D eigenvalue weighted by molar-refractivity contribution is 7.81. The van der Waals surface area contributed by atoms with Crippen LogP contribution in [0.1, 0.15) is 6.92 Å². The lowest BCUT2D eigenvalue weighted by molar-refractivity contribution is -0.129. The molecule has 1 aliphatic rings. The minimum Gasteiger partial charge on any atom is -0.388 e. The Kier molecular flexibility index (Phi) is 2.98. The van der Waals surface area contributed by atoms with Crippen molar-refractivity contribution in [2.75, 3.05) is 13.1 Å². The van der Waals surface area contributed by atoms with Crippen molar-refractivity contribution in [2.24, 2.45) is 0 Å². The molecule has 0 radical (unpaired) electrons. The highest BCUT2D eigenvalue weighted by Crippen LogP contribution is 2.12. The molecule has 1 heterocycles. The maximum absolute atomic E-state index is 11.3. The predicted molar refractivity (Wildman–Crippen MR) is 47.0 cm³/mol. The molecule has 4 nitrogen and oxygen atoms in total. The number of aliphatic hydroxyl groups excluding tert-OH is 2. The lowest BCUT2D eigenvalue weighted by Gasteiger charge is -2.16. The van der Waals surface area contributed by atoms with Crippen LogP contribution in [-0.4, -0.2) is 51.6 Å². The van der Waals surface area contributed by atoms with E-state index in [0.717, 1.165) is 0 Å². The summed E-state index contributed by atoms with van der Waals surface area (Å²) < 4.78 is 0. The van der Waals surface area contributed by atoms with Gasteiger partial charge in [0.05, 0.1) is 17.5 Å². The van der Waals surface area contributed by atoms with Gasteiger partial charge in [-0.1, -0.05) is 0 Å². The fourth-order valence-electron chi connectivity index (χ4n) is 1.21. The Balaban J connectivity index is 2.52. The van der Waals surface area contributed by atoms with Gasteiger partial charge in [0.2, 0.25) is 5.91 Å². The molecule has 3 atom stereocenters. The lowest BCUT2D eigenvalue weighted by atomic mass is 10.3. The molecule has 1 aliphatic heterocycles. The van der Waals surface area contributed by atoms with E-state index in [-0.39, 0.29) is 24.2 Å². The van der Waals surface area contributed by atoms with Crippen molar-refractivity contribution in [3.8, 4) is 0 Å². The van der Waals surface area contributed by atoms with Gasteiger partial charge >= 0.3 is 0 Å². The van der Waals surface area contributed by atoms with Gasteiger partial charge in [-0.2, -0.15) is 12.6 Å². The number of rotatable bonds is 1. The summed E-state index contributed by atoms with van der Waals surface area (Å²) in [6, 6.07) is 0. The molecule has 12 heavy (non-hydrogen) atoms. The summed E-state index contributed by atoms with van der Waals surface area (Å²) in [6.07, 6.45) is -1.61. The topological polar surface area (TPSA) is 60.8 Å². The van der Waals surface area contributed by atoms with Crippen LogP contribution in [0.4, 0.5) is 0 Å². The number of thiol groups is 1. The van der Waals surface area contributed by atoms with Gasteiger partial charge in [-0.15, -0.1) is 0 Å². The number of carbonyl (C=O) groups excluding carboxylic acids is 1. The summed E-state index contributed by atoms with van der Waals surface area (Å²) in [5.74, 6) is -0.145. The summed E-state index contributed by atoms with van der Waals surface area (Å²) in [5, 5.41) is 17.9. The fourth-order valence-corrected chi connectivity index (χ4v) is 1.38. The summed E-state index contributed by atoms with van der Waals surface area (Å²) in [6.45, 7) is 2.10. The van der Waals surface area contributed by atoms with Gasteiger partial charge in [-0.3, -0.25) is 4.79 Å². The second-order valence-electron chi connectivity index (χ2n) is 3.05. The standard InChI is InChI=1S/C7H13NO3S/c1-4(12)7(11)8-2-5(9)6(10)3-8/h4-6,9-10,12H,2-3H2,1H3. The Hall–Kier alpha value is -0.260. The Morgan fingerprint density at radius 1 is 1.50 bits per heavy atom. The number of amides is 1. The van der Waals surface area contributed by atoms with Crippen molar-refractivity contribution < 1.29 is 15.0 Å². The van der Waals surface area contributed by atoms with Crippen molar-refractivity contribution in [1.82, 2.24) is 4.90 Å². The first-order valence-electron chi connectivity index (χ1n) is 3.85. The van der Waals surface area contributed by atoms with Gasteiger partial charge in [0.1, 0.15) is 0 Å². The van der Waals surface area contributed by atoms with E-state index in [4.69, 9.17) is 10.2 Å². The molecule has 1 rings (SSSR count). The molecule has 0 bridgehead atoms. The maximum atomic E-state index is 11.3. The van der Waals surface area contributed by atoms with Crippen LogP contribution in [0, 0.1) is 0 Å². The summed E-state index contributed by atoms with van der Waals surface area (Å²) >= 11 is 3.97. The Morgan fingerprint density at radius 2 is 1.92 bits per heavy atom. The molecule has 1 fully saturated rings. The number of aliphatic hydroxyl groups is 2. The summed E-state index contributed by atoms with van der Waals surface area (Å²) in [4.78, 5) is 12.7. The molecule has 0 aromatic carbocycles. The van der Waals surface area contributed by atoms with Crippen molar-refractivity contribution in [1.29, 1.82) is 0 Å². The van der Waals surface area contributed by atoms with E-state index in [1.165, 1.54) is 4.90 Å². The molecule has 0 saturated carbocycles. The first kappa shape index (κ1) is 9.83. The average Bonchev–Trinajstić information content (AvgIpc) is 2.30. The van der Waals surface area contributed by atoms with E-state index in [0.29, 0.717) is 0 Å². The zero-order valence-corrected chi connectivity index (χ0v) is 7.74. The van der Waals surface area contributed by atoms with Crippen molar-refractivity contribution >= 4 is 18.5 Å². The molecule has 1 saturated heterocycles. The molecule has 1 amide bonds. The van der Waals surface area contributed by atoms with E-state index in [1.54, 1.807) is 6.92 Å². The molecular formula is C7H13NO3S. The monoisotopic (exact) mass is 191 g/mol. The number of hydrogen-bond donors (Lipinski definition) is 3. The van der Waals surface area contributed by atoms with Crippen LogP contribution in [0.5, 0.6) is 0 Å².